The zero-order chi connectivity index (χ0) is 29.4. The van der Waals surface area contributed by atoms with Gasteiger partial charge in [0.2, 0.25) is 0 Å². The molecule has 0 saturated carbocycles. The van der Waals surface area contributed by atoms with Gasteiger partial charge >= 0.3 is 6.09 Å². The van der Waals surface area contributed by atoms with Crippen molar-refractivity contribution in [3.8, 4) is 11.1 Å². The molecule has 42 heavy (non-hydrogen) atoms. The molecule has 0 N–H and O–H groups in total. The van der Waals surface area contributed by atoms with Crippen molar-refractivity contribution in [2.75, 3.05) is 6.61 Å². The van der Waals surface area contributed by atoms with Crippen molar-refractivity contribution >= 4 is 11.9 Å². The molecule has 4 aliphatic rings. The van der Waals surface area contributed by atoms with Crippen molar-refractivity contribution in [3.05, 3.63) is 94.0 Å². The van der Waals surface area contributed by atoms with Crippen LogP contribution in [0.15, 0.2) is 60.7 Å². The Kier molecular flexibility index (Phi) is 6.42. The number of nitrogens with zero attached hydrogens (tertiary/aromatic N) is 1. The van der Waals surface area contributed by atoms with E-state index in [0.717, 1.165) is 49.7 Å². The zero-order valence-electron chi connectivity index (χ0n) is 25.7. The second-order valence-electron chi connectivity index (χ2n) is 14.6. The van der Waals surface area contributed by atoms with Gasteiger partial charge in [-0.25, -0.2) is 4.79 Å². The molecule has 3 aromatic rings. The molecule has 2 saturated heterocycles. The number of ketones is 1. The molecule has 2 aliphatic carbocycles. The molecule has 2 atom stereocenters. The minimum Gasteiger partial charge on any atom is -0.448 e. The lowest BCUT2D eigenvalue weighted by molar-refractivity contribution is 0.0505. The number of rotatable bonds is 4. The summed E-state index contributed by atoms with van der Waals surface area (Å²) >= 11 is 0. The van der Waals surface area contributed by atoms with Crippen LogP contribution in [0.1, 0.15) is 110 Å². The normalized spacial score (nSPS) is 25.0. The third-order valence-electron chi connectivity index (χ3n) is 11.1. The maximum absolute atomic E-state index is 14.1. The number of Topliss-reactive ketones (excluding diaryl/α,β-unsaturated/α-hetero) is 1. The fourth-order valence-corrected chi connectivity index (χ4v) is 8.57. The van der Waals surface area contributed by atoms with Crippen molar-refractivity contribution < 1.29 is 14.3 Å². The van der Waals surface area contributed by atoms with Crippen molar-refractivity contribution in [3.63, 3.8) is 0 Å². The Morgan fingerprint density at radius 3 is 1.90 bits per heavy atom. The fraction of sp³-hybridized carbons (Fsp3) is 0.474. The monoisotopic (exact) mass is 561 g/mol. The van der Waals surface area contributed by atoms with E-state index in [9.17, 15) is 9.59 Å². The van der Waals surface area contributed by atoms with Crippen LogP contribution in [0.3, 0.4) is 0 Å². The van der Waals surface area contributed by atoms with Crippen molar-refractivity contribution in [1.82, 2.24) is 4.90 Å². The number of carbonyl (C=O) groups is 2. The smallest absolute Gasteiger partial charge is 0.410 e. The van der Waals surface area contributed by atoms with Gasteiger partial charge in [0.1, 0.15) is 6.61 Å². The highest BCUT2D eigenvalue weighted by Gasteiger charge is 2.47. The van der Waals surface area contributed by atoms with E-state index in [2.05, 4.69) is 95.3 Å². The van der Waals surface area contributed by atoms with Crippen LogP contribution in [0.2, 0.25) is 0 Å². The highest BCUT2D eigenvalue weighted by molar-refractivity contribution is 6.00. The maximum Gasteiger partial charge on any atom is 0.410 e. The lowest BCUT2D eigenvalue weighted by atomic mass is 9.62. The molecule has 2 bridgehead atoms. The third kappa shape index (κ3) is 4.32. The topological polar surface area (TPSA) is 46.6 Å². The summed E-state index contributed by atoms with van der Waals surface area (Å²) in [6.45, 7) is 11.7. The highest BCUT2D eigenvalue weighted by Crippen LogP contribution is 2.48. The van der Waals surface area contributed by atoms with Crippen molar-refractivity contribution in [2.45, 2.75) is 102 Å². The van der Waals surface area contributed by atoms with Crippen LogP contribution in [0, 0.1) is 12.8 Å². The summed E-state index contributed by atoms with van der Waals surface area (Å²) in [6.07, 6.45) is 5.43. The Morgan fingerprint density at radius 2 is 1.33 bits per heavy atom. The highest BCUT2D eigenvalue weighted by atomic mass is 16.6. The SMILES string of the molecule is Cc1cc2c(cc1C(=O)C1CC3CCC(C1)N3C(=O)OCC1c3ccccc3-c3ccccc31)C(C)(C)CCC2(C)C. The minimum absolute atomic E-state index is 0.0448. The van der Waals surface area contributed by atoms with Crippen molar-refractivity contribution in [1.29, 1.82) is 0 Å². The molecule has 0 spiro atoms. The van der Waals surface area contributed by atoms with Gasteiger partial charge in [-0.05, 0) is 101 Å². The fourth-order valence-electron chi connectivity index (χ4n) is 8.57. The number of amides is 1. The number of hydrogen-bond donors (Lipinski definition) is 0. The predicted octanol–water partition coefficient (Wildman–Crippen LogP) is 8.72. The van der Waals surface area contributed by atoms with Gasteiger partial charge in [0.25, 0.3) is 0 Å². The van der Waals surface area contributed by atoms with Crippen LogP contribution in [-0.4, -0.2) is 35.5 Å². The summed E-state index contributed by atoms with van der Waals surface area (Å²) in [4.78, 5) is 29.6. The summed E-state index contributed by atoms with van der Waals surface area (Å²) < 4.78 is 6.07. The largest absolute Gasteiger partial charge is 0.448 e. The van der Waals surface area contributed by atoms with E-state index in [4.69, 9.17) is 4.74 Å². The molecule has 7 rings (SSSR count). The minimum atomic E-state index is -0.218. The number of piperidine rings is 1. The predicted molar refractivity (Wildman–Crippen MR) is 167 cm³/mol. The molecular weight excluding hydrogens is 518 g/mol. The number of fused-ring (bicyclic) bond motifs is 6. The van der Waals surface area contributed by atoms with Gasteiger partial charge in [-0.15, -0.1) is 0 Å². The molecule has 218 valence electrons. The molecule has 4 heteroatoms. The van der Waals surface area contributed by atoms with Gasteiger partial charge in [0.05, 0.1) is 0 Å². The van der Waals surface area contributed by atoms with E-state index >= 15 is 0 Å². The first-order chi connectivity index (χ1) is 20.0. The van der Waals surface area contributed by atoms with E-state index in [0.29, 0.717) is 6.61 Å². The van der Waals surface area contributed by atoms with Crippen LogP contribution in [0.25, 0.3) is 11.1 Å². The van der Waals surface area contributed by atoms with E-state index in [-0.39, 0.29) is 46.6 Å². The van der Waals surface area contributed by atoms with E-state index in [1.54, 1.807) is 0 Å². The van der Waals surface area contributed by atoms with E-state index in [1.165, 1.54) is 33.4 Å². The first-order valence-corrected chi connectivity index (χ1v) is 15.9. The van der Waals surface area contributed by atoms with Gasteiger partial charge < -0.3 is 9.64 Å². The Hall–Kier alpha value is -3.40. The van der Waals surface area contributed by atoms with Crippen LogP contribution < -0.4 is 0 Å². The van der Waals surface area contributed by atoms with Gasteiger partial charge in [0, 0.05) is 29.5 Å². The summed E-state index contributed by atoms with van der Waals surface area (Å²) in [6, 6.07) is 21.6. The van der Waals surface area contributed by atoms with Crippen molar-refractivity contribution in [2.24, 2.45) is 5.92 Å². The summed E-state index contributed by atoms with van der Waals surface area (Å²) in [7, 11) is 0. The Balaban J connectivity index is 1.07. The number of benzene rings is 3. The second kappa shape index (κ2) is 9.82. The second-order valence-corrected chi connectivity index (χ2v) is 14.6. The first kappa shape index (κ1) is 27.4. The Morgan fingerprint density at radius 1 is 0.810 bits per heavy atom. The molecule has 0 radical (unpaired) electrons. The Labute approximate surface area is 250 Å². The molecule has 0 aromatic heterocycles. The quantitative estimate of drug-likeness (QED) is 0.299. The first-order valence-electron chi connectivity index (χ1n) is 15.9. The van der Waals surface area contributed by atoms with Crippen LogP contribution in [0.4, 0.5) is 4.79 Å². The molecule has 2 heterocycles. The number of hydrogen-bond acceptors (Lipinski definition) is 3. The standard InChI is InChI=1S/C38H43NO3/c1-23-18-33-34(38(4,5)17-16-37(33,2)3)21-31(23)35(40)24-19-25-14-15-26(20-24)39(25)36(41)42-22-32-29-12-8-6-10-27(29)28-11-7-9-13-30(28)32/h6-13,18,21,24-26,32H,14-17,19-20,22H2,1-5H3. The summed E-state index contributed by atoms with van der Waals surface area (Å²) in [5, 5.41) is 0. The lowest BCUT2D eigenvalue weighted by Crippen LogP contribution is -2.48. The van der Waals surface area contributed by atoms with Gasteiger partial charge in [-0.2, -0.15) is 0 Å². The van der Waals surface area contributed by atoms with Gasteiger partial charge in [0.15, 0.2) is 5.78 Å². The zero-order valence-corrected chi connectivity index (χ0v) is 25.7. The number of carbonyl (C=O) groups excluding carboxylic acids is 2. The van der Waals surface area contributed by atoms with Crippen LogP contribution in [0.5, 0.6) is 0 Å². The van der Waals surface area contributed by atoms with Gasteiger partial charge in [-0.1, -0.05) is 82.3 Å². The summed E-state index contributed by atoms with van der Waals surface area (Å²) in [5.41, 5.74) is 9.84. The average molecular weight is 562 g/mol. The molecule has 2 unspecified atom stereocenters. The molecule has 1 amide bonds. The average Bonchev–Trinajstić information content (AvgIpc) is 3.44. The van der Waals surface area contributed by atoms with Crippen LogP contribution in [-0.2, 0) is 15.6 Å². The molecule has 3 aromatic carbocycles. The Bertz CT molecular complexity index is 1520. The van der Waals surface area contributed by atoms with E-state index in [1.807, 2.05) is 4.90 Å². The molecule has 2 fully saturated rings. The molecule has 4 nitrogen and oxygen atoms in total. The lowest BCUT2D eigenvalue weighted by Gasteiger charge is -2.42. The summed E-state index contributed by atoms with van der Waals surface area (Å²) in [5.74, 6) is 0.273. The van der Waals surface area contributed by atoms with Crippen LogP contribution >= 0.6 is 0 Å². The molecular formula is C38H43NO3. The van der Waals surface area contributed by atoms with E-state index < -0.39 is 0 Å². The third-order valence-corrected chi connectivity index (χ3v) is 11.1. The number of aryl methyl sites for hydroxylation is 1. The number of ether oxygens (including phenoxy) is 1. The maximum atomic E-state index is 14.1. The molecule has 2 aliphatic heterocycles. The van der Waals surface area contributed by atoms with Gasteiger partial charge in [-0.3, -0.25) is 4.79 Å².